The first kappa shape index (κ1) is 25.2. The first-order valence-electron chi connectivity index (χ1n) is 13.2. The summed E-state index contributed by atoms with van der Waals surface area (Å²) in [6, 6.07) is 0. The molecule has 8 heteroatoms. The molecule has 0 aromatic rings. The number of carbonyl (C=O) groups excluding carboxylic acids is 2. The molecule has 10 atom stereocenters. The summed E-state index contributed by atoms with van der Waals surface area (Å²) in [5, 5.41) is 11.7. The molecule has 0 amide bonds. The Kier molecular flexibility index (Phi) is 6.35. The van der Waals surface area contributed by atoms with Gasteiger partial charge in [0, 0.05) is 29.7 Å². The number of esters is 2. The Morgan fingerprint density at radius 2 is 1.94 bits per heavy atom. The van der Waals surface area contributed by atoms with E-state index < -0.39 is 34.6 Å². The van der Waals surface area contributed by atoms with E-state index in [0.717, 1.165) is 19.4 Å². The number of rotatable bonds is 5. The quantitative estimate of drug-likeness (QED) is 0.355. The summed E-state index contributed by atoms with van der Waals surface area (Å²) in [6.07, 6.45) is 3.84. The number of hydrogen-bond donors (Lipinski definition) is 1. The molecule has 3 aliphatic heterocycles. The predicted octanol–water partition coefficient (Wildman–Crippen LogP) is 3.15. The van der Waals surface area contributed by atoms with Crippen molar-refractivity contribution in [3.63, 3.8) is 0 Å². The van der Waals surface area contributed by atoms with Gasteiger partial charge in [-0.1, -0.05) is 19.9 Å². The number of aliphatic hydroxyl groups is 1. The molecule has 196 valence electrons. The molecule has 5 aliphatic rings. The highest BCUT2D eigenvalue weighted by Crippen LogP contribution is 2.70. The van der Waals surface area contributed by atoms with Crippen molar-refractivity contribution < 1.29 is 38.4 Å². The first-order valence-corrected chi connectivity index (χ1v) is 13.2. The average Bonchev–Trinajstić information content (AvgIpc) is 3.27. The maximum absolute atomic E-state index is 12.8. The van der Waals surface area contributed by atoms with Gasteiger partial charge in [-0.2, -0.15) is 0 Å². The summed E-state index contributed by atoms with van der Waals surface area (Å²) in [4.78, 5) is 25.1. The Morgan fingerprint density at radius 1 is 1.20 bits per heavy atom. The van der Waals surface area contributed by atoms with Crippen molar-refractivity contribution in [3.8, 4) is 0 Å². The molecule has 0 unspecified atom stereocenters. The van der Waals surface area contributed by atoms with E-state index in [-0.39, 0.29) is 36.8 Å². The van der Waals surface area contributed by atoms with Crippen LogP contribution in [0.5, 0.6) is 0 Å². The first-order chi connectivity index (χ1) is 16.6. The average molecular weight is 493 g/mol. The van der Waals surface area contributed by atoms with Gasteiger partial charge in [0.15, 0.2) is 6.29 Å². The number of aliphatic hydroxyl groups excluding tert-OH is 1. The second-order valence-corrected chi connectivity index (χ2v) is 11.7. The minimum atomic E-state index is -0.872. The van der Waals surface area contributed by atoms with Gasteiger partial charge in [-0.15, -0.1) is 0 Å². The molecule has 5 fully saturated rings. The van der Waals surface area contributed by atoms with Crippen molar-refractivity contribution in [1.82, 2.24) is 0 Å². The van der Waals surface area contributed by atoms with Gasteiger partial charge in [0.1, 0.15) is 18.3 Å². The third kappa shape index (κ3) is 3.70. The van der Waals surface area contributed by atoms with Gasteiger partial charge in [0.2, 0.25) is 0 Å². The van der Waals surface area contributed by atoms with E-state index in [0.29, 0.717) is 37.4 Å². The number of carbonyl (C=O) groups is 2. The van der Waals surface area contributed by atoms with Crippen LogP contribution < -0.4 is 0 Å². The van der Waals surface area contributed by atoms with Crippen molar-refractivity contribution in [2.24, 2.45) is 28.6 Å². The Labute approximate surface area is 207 Å². The number of allylic oxidation sites excluding steroid dienone is 1. The summed E-state index contributed by atoms with van der Waals surface area (Å²) in [6.45, 7) is 10.5. The normalized spacial score (nSPS) is 48.9. The Morgan fingerprint density at radius 3 is 2.57 bits per heavy atom. The molecular weight excluding hydrogens is 452 g/mol. The van der Waals surface area contributed by atoms with Gasteiger partial charge in [0.25, 0.3) is 0 Å². The highest BCUT2D eigenvalue weighted by molar-refractivity contribution is 5.87. The monoisotopic (exact) mass is 492 g/mol. The van der Waals surface area contributed by atoms with E-state index >= 15 is 0 Å². The van der Waals surface area contributed by atoms with Crippen LogP contribution >= 0.6 is 0 Å². The van der Waals surface area contributed by atoms with Crippen molar-refractivity contribution in [3.05, 3.63) is 11.6 Å². The zero-order valence-corrected chi connectivity index (χ0v) is 21.6. The Balaban J connectivity index is 1.59. The summed E-state index contributed by atoms with van der Waals surface area (Å²) in [7, 11) is 0. The van der Waals surface area contributed by atoms with Crippen LogP contribution in [-0.4, -0.2) is 67.1 Å². The van der Waals surface area contributed by atoms with Crippen LogP contribution in [0.1, 0.15) is 66.7 Å². The second kappa shape index (κ2) is 8.82. The van der Waals surface area contributed by atoms with Gasteiger partial charge >= 0.3 is 11.9 Å². The van der Waals surface area contributed by atoms with E-state index in [1.807, 2.05) is 0 Å². The summed E-state index contributed by atoms with van der Waals surface area (Å²) >= 11 is 0. The van der Waals surface area contributed by atoms with E-state index in [1.54, 1.807) is 19.9 Å². The van der Waals surface area contributed by atoms with Crippen LogP contribution in [0.4, 0.5) is 0 Å². The molecule has 2 saturated carbocycles. The number of fused-ring (bicyclic) bond motifs is 3. The van der Waals surface area contributed by atoms with Crippen molar-refractivity contribution in [1.29, 1.82) is 0 Å². The van der Waals surface area contributed by atoms with Gasteiger partial charge in [-0.05, 0) is 51.9 Å². The van der Waals surface area contributed by atoms with Gasteiger partial charge < -0.3 is 28.8 Å². The lowest BCUT2D eigenvalue weighted by molar-refractivity contribution is -0.276. The number of hydrogen-bond acceptors (Lipinski definition) is 8. The molecule has 8 nitrogen and oxygen atoms in total. The van der Waals surface area contributed by atoms with Crippen molar-refractivity contribution in [2.75, 3.05) is 19.8 Å². The molecule has 0 aromatic carbocycles. The molecule has 0 radical (unpaired) electrons. The maximum Gasteiger partial charge on any atom is 0.333 e. The van der Waals surface area contributed by atoms with Crippen LogP contribution in [-0.2, 0) is 33.3 Å². The highest BCUT2D eigenvalue weighted by Gasteiger charge is 2.78. The molecule has 0 bridgehead atoms. The van der Waals surface area contributed by atoms with E-state index in [4.69, 9.17) is 23.7 Å². The van der Waals surface area contributed by atoms with Gasteiger partial charge in [0.05, 0.1) is 30.8 Å². The minimum absolute atomic E-state index is 0.0229. The fraction of sp³-hybridized carbons (Fsp3) is 0.852. The second-order valence-electron chi connectivity index (χ2n) is 11.7. The van der Waals surface area contributed by atoms with Crippen LogP contribution in [0.15, 0.2) is 11.6 Å². The van der Waals surface area contributed by atoms with Crippen LogP contribution in [0.25, 0.3) is 0 Å². The van der Waals surface area contributed by atoms with Crippen LogP contribution in [0.2, 0.25) is 0 Å². The van der Waals surface area contributed by atoms with Gasteiger partial charge in [-0.3, -0.25) is 4.79 Å². The maximum atomic E-state index is 12.8. The fourth-order valence-electron chi connectivity index (χ4n) is 7.94. The lowest BCUT2D eigenvalue weighted by Gasteiger charge is -2.65. The Hall–Kier alpha value is -1.48. The topological polar surface area (TPSA) is 104 Å². The molecule has 0 aromatic heterocycles. The lowest BCUT2D eigenvalue weighted by Crippen LogP contribution is -2.72. The molecular formula is C27H40O8. The van der Waals surface area contributed by atoms with Gasteiger partial charge in [-0.25, -0.2) is 4.79 Å². The highest BCUT2D eigenvalue weighted by atomic mass is 16.7. The lowest BCUT2D eigenvalue weighted by atomic mass is 9.41. The third-order valence-corrected chi connectivity index (χ3v) is 10.2. The number of epoxide rings is 1. The smallest absolute Gasteiger partial charge is 0.333 e. The molecule has 3 heterocycles. The van der Waals surface area contributed by atoms with Crippen LogP contribution in [0, 0.1) is 28.6 Å². The molecule has 1 spiro atoms. The zero-order chi connectivity index (χ0) is 25.2. The molecule has 5 rings (SSSR count). The zero-order valence-electron chi connectivity index (χ0n) is 21.6. The largest absolute Gasteiger partial charge is 0.462 e. The Bertz CT molecular complexity index is 884. The SMILES string of the molecule is C/C=C(\C)C(=O)OC[C@@]12[C@@H](OC(C)=O)C[C@@H](C)[C@](C)([C@@H]3C[C@H]4CCO[C@H]4O3)[C@H]1[C@H](O)CC[C@]21CO1. The summed E-state index contributed by atoms with van der Waals surface area (Å²) in [5.74, 6) is -0.687. The third-order valence-electron chi connectivity index (χ3n) is 10.2. The van der Waals surface area contributed by atoms with Crippen LogP contribution in [0.3, 0.4) is 0 Å². The molecule has 1 N–H and O–H groups in total. The predicted molar refractivity (Wildman–Crippen MR) is 125 cm³/mol. The van der Waals surface area contributed by atoms with Crippen molar-refractivity contribution >= 4 is 11.9 Å². The number of ether oxygens (including phenoxy) is 5. The van der Waals surface area contributed by atoms with E-state index in [9.17, 15) is 14.7 Å². The minimum Gasteiger partial charge on any atom is -0.462 e. The molecule has 35 heavy (non-hydrogen) atoms. The fourth-order valence-corrected chi connectivity index (χ4v) is 7.94. The summed E-state index contributed by atoms with van der Waals surface area (Å²) < 4.78 is 30.5. The van der Waals surface area contributed by atoms with E-state index in [2.05, 4.69) is 13.8 Å². The molecule has 2 aliphatic carbocycles. The molecule has 3 saturated heterocycles. The van der Waals surface area contributed by atoms with E-state index in [1.165, 1.54) is 6.92 Å². The van der Waals surface area contributed by atoms with Crippen molar-refractivity contribution in [2.45, 2.75) is 96.9 Å². The standard InChI is InChI=1S/C27H40O8/c1-6-15(2)23(30)32-14-27-21(34-17(4)28)11-16(3)25(5,20-12-18-8-10-31-24(18)35-20)22(27)19(29)7-9-26(27)13-33-26/h6,16,18-22,24,29H,7-14H2,1-5H3/b15-6+/t16-,18-,19-,20+,21+,22-,24+,25-,26+,27-/m1/s1. The summed E-state index contributed by atoms with van der Waals surface area (Å²) in [5.41, 5.74) is -1.41.